The maximum absolute atomic E-state index is 12.6. The van der Waals surface area contributed by atoms with Crippen LogP contribution in [-0.4, -0.2) is 43.6 Å². The van der Waals surface area contributed by atoms with E-state index in [2.05, 4.69) is 17.1 Å². The van der Waals surface area contributed by atoms with Gasteiger partial charge in [0, 0.05) is 24.0 Å². The van der Waals surface area contributed by atoms with E-state index in [4.69, 9.17) is 4.74 Å². The summed E-state index contributed by atoms with van der Waals surface area (Å²) < 4.78 is 5.42. The third-order valence-electron chi connectivity index (χ3n) is 4.81. The number of thiophene rings is 1. The number of methoxy groups -OCH3 is 1. The number of likely N-dealkylation sites (tertiary alicyclic amines) is 1. The molecule has 0 aliphatic carbocycles. The first-order valence-corrected chi connectivity index (χ1v) is 9.76. The molecule has 1 aliphatic heterocycles. The largest absolute Gasteiger partial charge is 0.495 e. The van der Waals surface area contributed by atoms with Crippen molar-refractivity contribution in [3.8, 4) is 16.2 Å². The number of hydrogen-bond donors (Lipinski definition) is 1. The van der Waals surface area contributed by atoms with Gasteiger partial charge in [-0.15, -0.1) is 11.3 Å². The van der Waals surface area contributed by atoms with Gasteiger partial charge in [0.2, 0.25) is 0 Å². The third kappa shape index (κ3) is 4.41. The number of piperidine rings is 1. The van der Waals surface area contributed by atoms with E-state index in [1.807, 2.05) is 36.4 Å². The Kier molecular flexibility index (Phi) is 6.10. The van der Waals surface area contributed by atoms with Crippen molar-refractivity contribution in [2.45, 2.75) is 32.2 Å². The average Bonchev–Trinajstić information content (AvgIpc) is 3.08. The third-order valence-corrected chi connectivity index (χ3v) is 5.97. The zero-order valence-corrected chi connectivity index (χ0v) is 15.8. The number of carbonyl (C=O) groups is 1. The molecule has 0 saturated carbocycles. The summed E-state index contributed by atoms with van der Waals surface area (Å²) >= 11 is 1.48. The van der Waals surface area contributed by atoms with Crippen molar-refractivity contribution in [3.63, 3.8) is 0 Å². The normalized spacial score (nSPS) is 18.1. The van der Waals surface area contributed by atoms with Crippen LogP contribution in [0.15, 0.2) is 36.4 Å². The molecule has 1 aromatic heterocycles. The van der Waals surface area contributed by atoms with Crippen LogP contribution in [0.2, 0.25) is 0 Å². The van der Waals surface area contributed by atoms with Gasteiger partial charge < -0.3 is 10.1 Å². The lowest BCUT2D eigenvalue weighted by Gasteiger charge is -2.33. The van der Waals surface area contributed by atoms with Gasteiger partial charge in [-0.05, 0) is 37.9 Å². The van der Waals surface area contributed by atoms with Crippen molar-refractivity contribution in [2.24, 2.45) is 0 Å². The summed E-state index contributed by atoms with van der Waals surface area (Å²) in [5.74, 6) is 0.599. The van der Waals surface area contributed by atoms with E-state index >= 15 is 0 Å². The van der Waals surface area contributed by atoms with Crippen molar-refractivity contribution in [1.82, 2.24) is 10.2 Å². The zero-order chi connectivity index (χ0) is 17.6. The summed E-state index contributed by atoms with van der Waals surface area (Å²) in [5.41, 5.74) is 1.10. The van der Waals surface area contributed by atoms with Gasteiger partial charge in [0.1, 0.15) is 10.6 Å². The molecule has 1 atom stereocenters. The summed E-state index contributed by atoms with van der Waals surface area (Å²) in [4.78, 5) is 16.8. The molecule has 2 heterocycles. The number of hydrogen-bond acceptors (Lipinski definition) is 4. The molecule has 1 saturated heterocycles. The molecule has 25 heavy (non-hydrogen) atoms. The Morgan fingerprint density at radius 2 is 2.12 bits per heavy atom. The van der Waals surface area contributed by atoms with E-state index in [1.165, 1.54) is 30.6 Å². The fraction of sp³-hybridized carbons (Fsp3) is 0.450. The summed E-state index contributed by atoms with van der Waals surface area (Å²) in [6.45, 7) is 4.99. The first kappa shape index (κ1) is 18.0. The Bertz CT molecular complexity index is 699. The molecule has 5 heteroatoms. The molecular weight excluding hydrogens is 332 g/mol. The monoisotopic (exact) mass is 358 g/mol. The van der Waals surface area contributed by atoms with Gasteiger partial charge >= 0.3 is 0 Å². The maximum Gasteiger partial charge on any atom is 0.265 e. The predicted octanol–water partition coefficient (Wildman–Crippen LogP) is 4.03. The highest BCUT2D eigenvalue weighted by Crippen LogP contribution is 2.36. The number of benzene rings is 1. The van der Waals surface area contributed by atoms with Crippen LogP contribution in [-0.2, 0) is 0 Å². The molecule has 1 aromatic carbocycles. The lowest BCUT2D eigenvalue weighted by atomic mass is 10.0. The van der Waals surface area contributed by atoms with Crippen LogP contribution in [0, 0.1) is 0 Å². The van der Waals surface area contributed by atoms with Crippen molar-refractivity contribution >= 4 is 17.2 Å². The van der Waals surface area contributed by atoms with Crippen LogP contribution in [0.3, 0.4) is 0 Å². The molecule has 0 radical (unpaired) electrons. The van der Waals surface area contributed by atoms with Crippen LogP contribution in [0.4, 0.5) is 0 Å². The van der Waals surface area contributed by atoms with Crippen molar-refractivity contribution in [3.05, 3.63) is 41.3 Å². The molecule has 0 bridgehead atoms. The average molecular weight is 359 g/mol. The van der Waals surface area contributed by atoms with Gasteiger partial charge in [-0.1, -0.05) is 36.8 Å². The lowest BCUT2D eigenvalue weighted by Crippen LogP contribution is -2.42. The Balaban J connectivity index is 1.62. The minimum Gasteiger partial charge on any atom is -0.495 e. The number of rotatable bonds is 6. The number of ether oxygens (including phenoxy) is 1. The van der Waals surface area contributed by atoms with Gasteiger partial charge in [0.15, 0.2) is 0 Å². The summed E-state index contributed by atoms with van der Waals surface area (Å²) in [6, 6.07) is 12.6. The van der Waals surface area contributed by atoms with E-state index in [9.17, 15) is 4.79 Å². The molecule has 2 aromatic rings. The first-order chi connectivity index (χ1) is 12.2. The minimum absolute atomic E-state index is 0.0475. The van der Waals surface area contributed by atoms with Crippen molar-refractivity contribution in [2.75, 3.05) is 26.7 Å². The number of amides is 1. The Morgan fingerprint density at radius 3 is 2.84 bits per heavy atom. The van der Waals surface area contributed by atoms with E-state index < -0.39 is 0 Å². The van der Waals surface area contributed by atoms with Gasteiger partial charge in [-0.2, -0.15) is 0 Å². The second-order valence-corrected chi connectivity index (χ2v) is 7.56. The fourth-order valence-corrected chi connectivity index (χ4v) is 4.36. The van der Waals surface area contributed by atoms with Crippen molar-refractivity contribution in [1.29, 1.82) is 0 Å². The van der Waals surface area contributed by atoms with E-state index in [0.717, 1.165) is 23.5 Å². The topological polar surface area (TPSA) is 41.6 Å². The van der Waals surface area contributed by atoms with E-state index in [0.29, 0.717) is 23.2 Å². The summed E-state index contributed by atoms with van der Waals surface area (Å²) in [6.07, 6.45) is 3.84. The fourth-order valence-electron chi connectivity index (χ4n) is 3.31. The number of nitrogens with one attached hydrogen (secondary N) is 1. The van der Waals surface area contributed by atoms with Gasteiger partial charge in [0.05, 0.1) is 7.11 Å². The predicted molar refractivity (Wildman–Crippen MR) is 104 cm³/mol. The highest BCUT2D eigenvalue weighted by atomic mass is 32.1. The summed E-state index contributed by atoms with van der Waals surface area (Å²) in [5, 5.41) is 3.06. The minimum atomic E-state index is -0.0475. The molecule has 3 rings (SSSR count). The highest BCUT2D eigenvalue weighted by Gasteiger charge is 2.20. The van der Waals surface area contributed by atoms with E-state index in [1.54, 1.807) is 7.11 Å². The second kappa shape index (κ2) is 8.50. The SMILES string of the molecule is COc1cc(-c2ccccc2)sc1C(=O)NCCN1CCCCC1C. The first-order valence-electron chi connectivity index (χ1n) is 8.94. The number of carbonyl (C=O) groups excluding carboxylic acids is 1. The van der Waals surface area contributed by atoms with Crippen LogP contribution >= 0.6 is 11.3 Å². The Hall–Kier alpha value is -1.85. The van der Waals surface area contributed by atoms with Crippen LogP contribution in [0.5, 0.6) is 5.75 Å². The molecule has 1 aliphatic rings. The second-order valence-electron chi connectivity index (χ2n) is 6.51. The molecule has 0 spiro atoms. The molecule has 4 nitrogen and oxygen atoms in total. The van der Waals surface area contributed by atoms with Gasteiger partial charge in [0.25, 0.3) is 5.91 Å². The molecule has 1 N–H and O–H groups in total. The van der Waals surface area contributed by atoms with Crippen molar-refractivity contribution < 1.29 is 9.53 Å². The molecule has 134 valence electrons. The van der Waals surface area contributed by atoms with Gasteiger partial charge in [-0.3, -0.25) is 9.69 Å². The van der Waals surface area contributed by atoms with Gasteiger partial charge in [-0.25, -0.2) is 0 Å². The lowest BCUT2D eigenvalue weighted by molar-refractivity contribution is 0.0940. The van der Waals surface area contributed by atoms with E-state index in [-0.39, 0.29) is 5.91 Å². The molecule has 1 amide bonds. The van der Waals surface area contributed by atoms with Crippen LogP contribution in [0.1, 0.15) is 35.9 Å². The maximum atomic E-state index is 12.6. The zero-order valence-electron chi connectivity index (χ0n) is 15.0. The molecule has 1 unspecified atom stereocenters. The van der Waals surface area contributed by atoms with Crippen LogP contribution < -0.4 is 10.1 Å². The highest BCUT2D eigenvalue weighted by molar-refractivity contribution is 7.17. The molecular formula is C20H26N2O2S. The number of nitrogens with zero attached hydrogens (tertiary/aromatic N) is 1. The smallest absolute Gasteiger partial charge is 0.265 e. The summed E-state index contributed by atoms with van der Waals surface area (Å²) in [7, 11) is 1.61. The molecule has 1 fully saturated rings. The quantitative estimate of drug-likeness (QED) is 0.848. The standard InChI is InChI=1S/C20H26N2O2S/c1-15-8-6-7-12-22(15)13-11-21-20(23)19-17(24-2)14-18(25-19)16-9-4-3-5-10-16/h3-5,9-10,14-15H,6-8,11-13H2,1-2H3,(H,21,23). The van der Waals surface area contributed by atoms with Crippen LogP contribution in [0.25, 0.3) is 10.4 Å². The Labute approximate surface area is 153 Å². The Morgan fingerprint density at radius 1 is 1.32 bits per heavy atom.